The van der Waals surface area contributed by atoms with Gasteiger partial charge >= 0.3 is 5.69 Å². The molecule has 0 aliphatic heterocycles. The number of ether oxygens (including phenoxy) is 1. The van der Waals surface area contributed by atoms with Gasteiger partial charge in [0.1, 0.15) is 0 Å². The monoisotopic (exact) mass is 396 g/mol. The van der Waals surface area contributed by atoms with Crippen molar-refractivity contribution in [2.45, 2.75) is 6.92 Å². The van der Waals surface area contributed by atoms with Crippen molar-refractivity contribution in [2.24, 2.45) is 5.10 Å². The summed E-state index contributed by atoms with van der Waals surface area (Å²) < 4.78 is 5.20. The molecule has 0 spiro atoms. The predicted octanol–water partition coefficient (Wildman–Crippen LogP) is 2.29. The van der Waals surface area contributed by atoms with Crippen molar-refractivity contribution in [3.8, 4) is 22.8 Å². The number of hydrogen-bond acceptors (Lipinski definition) is 9. The van der Waals surface area contributed by atoms with Crippen LogP contribution in [0.15, 0.2) is 52.4 Å². The van der Waals surface area contributed by atoms with E-state index in [1.54, 1.807) is 31.2 Å². The van der Waals surface area contributed by atoms with Gasteiger partial charge in [-0.15, -0.1) is 10.2 Å². The minimum Gasteiger partial charge on any atom is -0.500 e. The molecule has 1 heterocycles. The highest BCUT2D eigenvalue weighted by atomic mass is 16.6. The molecule has 0 aliphatic carbocycles. The molecule has 0 unspecified atom stereocenters. The van der Waals surface area contributed by atoms with E-state index < -0.39 is 21.9 Å². The van der Waals surface area contributed by atoms with E-state index in [0.717, 1.165) is 6.07 Å². The van der Waals surface area contributed by atoms with Crippen LogP contribution in [0.5, 0.6) is 11.5 Å². The first kappa shape index (κ1) is 19.5. The number of nitro benzene ring substituents is 1. The molecule has 3 aromatic rings. The Kier molecular flexibility index (Phi) is 5.78. The lowest BCUT2D eigenvalue weighted by Gasteiger charge is -2.07. The molecule has 0 fully saturated rings. The molecule has 0 atom stereocenters. The van der Waals surface area contributed by atoms with Crippen molar-refractivity contribution >= 4 is 17.9 Å². The number of aromatic amines is 1. The normalized spacial score (nSPS) is 10.8. The molecule has 3 N–H and O–H groups in total. The largest absolute Gasteiger partial charge is 0.500 e. The van der Waals surface area contributed by atoms with Crippen LogP contribution in [0.3, 0.4) is 0 Å². The van der Waals surface area contributed by atoms with Crippen LogP contribution in [0.1, 0.15) is 12.5 Å². The molecule has 148 valence electrons. The number of anilines is 1. The number of aromatic nitrogens is 3. The second-order valence-electron chi connectivity index (χ2n) is 5.66. The van der Waals surface area contributed by atoms with Crippen molar-refractivity contribution in [1.82, 2.24) is 15.2 Å². The Morgan fingerprint density at radius 1 is 1.31 bits per heavy atom. The Balaban J connectivity index is 1.80. The standard InChI is InChI=1S/C18H16N6O5/c1-2-29-14-9-11(8-13(16(14)25)24(27)28)10-19-22-18-20-17(26)15(21-23-18)12-6-4-3-5-7-12/h3-10,25H,2H2,1H3,(H2,20,22,23,26)/b19-10+. The van der Waals surface area contributed by atoms with Crippen molar-refractivity contribution in [2.75, 3.05) is 12.0 Å². The summed E-state index contributed by atoms with van der Waals surface area (Å²) in [5.74, 6) is -0.610. The first-order valence-electron chi connectivity index (χ1n) is 8.45. The quantitative estimate of drug-likeness (QED) is 0.312. The highest BCUT2D eigenvalue weighted by Crippen LogP contribution is 2.36. The van der Waals surface area contributed by atoms with Crippen molar-refractivity contribution in [3.63, 3.8) is 0 Å². The topological polar surface area (TPSA) is 156 Å². The minimum atomic E-state index is -0.728. The summed E-state index contributed by atoms with van der Waals surface area (Å²) in [6.07, 6.45) is 1.25. The fraction of sp³-hybridized carbons (Fsp3) is 0.111. The Bertz CT molecular complexity index is 1110. The van der Waals surface area contributed by atoms with E-state index in [9.17, 15) is 20.0 Å². The SMILES string of the molecule is CCOc1cc(/C=N/Nc2nnc(-c3ccccc3)c(=O)[nH]2)cc([N+](=O)[O-])c1O. The molecule has 0 amide bonds. The number of nitrogens with zero attached hydrogens (tertiary/aromatic N) is 4. The molecule has 0 bridgehead atoms. The van der Waals surface area contributed by atoms with Gasteiger partial charge in [0.15, 0.2) is 11.4 Å². The van der Waals surface area contributed by atoms with E-state index in [1.165, 1.54) is 12.3 Å². The fourth-order valence-electron chi connectivity index (χ4n) is 2.43. The lowest BCUT2D eigenvalue weighted by molar-refractivity contribution is -0.386. The van der Waals surface area contributed by atoms with Gasteiger partial charge in [-0.3, -0.25) is 19.9 Å². The Labute approximate surface area is 163 Å². The lowest BCUT2D eigenvalue weighted by atomic mass is 10.2. The Morgan fingerprint density at radius 3 is 2.72 bits per heavy atom. The summed E-state index contributed by atoms with van der Waals surface area (Å²) in [7, 11) is 0. The molecule has 1 aromatic heterocycles. The average molecular weight is 396 g/mol. The fourth-order valence-corrected chi connectivity index (χ4v) is 2.43. The molecule has 0 saturated heterocycles. The second kappa shape index (κ2) is 8.61. The molecule has 11 heteroatoms. The number of hydrogen-bond donors (Lipinski definition) is 3. The van der Waals surface area contributed by atoms with E-state index in [2.05, 4.69) is 25.7 Å². The van der Waals surface area contributed by atoms with Gasteiger partial charge in [-0.2, -0.15) is 5.10 Å². The maximum atomic E-state index is 12.2. The highest BCUT2D eigenvalue weighted by Gasteiger charge is 2.19. The zero-order valence-electron chi connectivity index (χ0n) is 15.2. The number of benzene rings is 2. The first-order valence-corrected chi connectivity index (χ1v) is 8.45. The number of nitro groups is 1. The van der Waals surface area contributed by atoms with Crippen LogP contribution >= 0.6 is 0 Å². The molecule has 3 rings (SSSR count). The van der Waals surface area contributed by atoms with E-state index in [-0.39, 0.29) is 24.0 Å². The zero-order chi connectivity index (χ0) is 20.8. The van der Waals surface area contributed by atoms with Crippen molar-refractivity contribution < 1.29 is 14.8 Å². The summed E-state index contributed by atoms with van der Waals surface area (Å²) in [6, 6.07) is 11.4. The van der Waals surface area contributed by atoms with Gasteiger partial charge in [-0.25, -0.2) is 5.43 Å². The number of nitrogens with one attached hydrogen (secondary N) is 2. The maximum absolute atomic E-state index is 12.2. The molecule has 2 aromatic carbocycles. The van der Waals surface area contributed by atoms with E-state index in [0.29, 0.717) is 11.1 Å². The number of phenolic OH excluding ortho intramolecular Hbond substituents is 1. The summed E-state index contributed by atoms with van der Waals surface area (Å²) in [5, 5.41) is 32.6. The van der Waals surface area contributed by atoms with Crippen LogP contribution in [0.4, 0.5) is 11.6 Å². The van der Waals surface area contributed by atoms with Crippen LogP contribution < -0.4 is 15.7 Å². The van der Waals surface area contributed by atoms with Gasteiger partial charge in [0.05, 0.1) is 17.7 Å². The number of rotatable bonds is 7. The van der Waals surface area contributed by atoms with Crippen LogP contribution in [0.25, 0.3) is 11.3 Å². The van der Waals surface area contributed by atoms with Crippen LogP contribution in [-0.4, -0.2) is 38.0 Å². The third-order valence-corrected chi connectivity index (χ3v) is 3.70. The third-order valence-electron chi connectivity index (χ3n) is 3.70. The minimum absolute atomic E-state index is 0.00996. The van der Waals surface area contributed by atoms with Crippen LogP contribution in [0.2, 0.25) is 0 Å². The number of H-pyrrole nitrogens is 1. The summed E-state index contributed by atoms with van der Waals surface area (Å²) in [6.45, 7) is 1.90. The molecule has 29 heavy (non-hydrogen) atoms. The number of hydrazone groups is 1. The van der Waals surface area contributed by atoms with Gasteiger partial charge in [-0.05, 0) is 13.0 Å². The first-order chi connectivity index (χ1) is 14.0. The van der Waals surface area contributed by atoms with Gasteiger partial charge in [0.2, 0.25) is 11.7 Å². The van der Waals surface area contributed by atoms with Gasteiger partial charge in [0, 0.05) is 17.2 Å². The Morgan fingerprint density at radius 2 is 2.07 bits per heavy atom. The van der Waals surface area contributed by atoms with E-state index >= 15 is 0 Å². The number of phenols is 1. The van der Waals surface area contributed by atoms with E-state index in [1.807, 2.05) is 6.07 Å². The average Bonchev–Trinajstić information content (AvgIpc) is 2.71. The smallest absolute Gasteiger partial charge is 0.315 e. The number of aromatic hydroxyl groups is 1. The molecule has 0 aliphatic rings. The summed E-state index contributed by atoms with van der Waals surface area (Å²) in [4.78, 5) is 25.0. The second-order valence-corrected chi connectivity index (χ2v) is 5.66. The van der Waals surface area contributed by atoms with E-state index in [4.69, 9.17) is 4.74 Å². The van der Waals surface area contributed by atoms with Crippen molar-refractivity contribution in [1.29, 1.82) is 0 Å². The predicted molar refractivity (Wildman–Crippen MR) is 105 cm³/mol. The maximum Gasteiger partial charge on any atom is 0.315 e. The summed E-state index contributed by atoms with van der Waals surface area (Å²) in [5.41, 5.74) is 2.60. The van der Waals surface area contributed by atoms with Crippen molar-refractivity contribution in [3.05, 3.63) is 68.5 Å². The highest BCUT2D eigenvalue weighted by molar-refractivity contribution is 5.83. The molecule has 11 nitrogen and oxygen atoms in total. The van der Waals surface area contributed by atoms with Gasteiger partial charge in [-0.1, -0.05) is 30.3 Å². The van der Waals surface area contributed by atoms with Gasteiger partial charge in [0.25, 0.3) is 5.56 Å². The van der Waals surface area contributed by atoms with Gasteiger partial charge < -0.3 is 9.84 Å². The third kappa shape index (κ3) is 4.53. The molecular weight excluding hydrogens is 380 g/mol. The van der Waals surface area contributed by atoms with Crippen LogP contribution in [0, 0.1) is 10.1 Å². The zero-order valence-corrected chi connectivity index (χ0v) is 15.2. The lowest BCUT2D eigenvalue weighted by Crippen LogP contribution is -2.15. The summed E-state index contributed by atoms with van der Waals surface area (Å²) >= 11 is 0. The Hall–Kier alpha value is -4.28. The molecule has 0 radical (unpaired) electrons. The molecular formula is C18H16N6O5. The molecule has 0 saturated carbocycles. The van der Waals surface area contributed by atoms with Crippen LogP contribution in [-0.2, 0) is 0 Å².